The number of carbonyl (C=O) groups is 1. The van der Waals surface area contributed by atoms with Crippen molar-refractivity contribution in [2.75, 3.05) is 5.32 Å². The van der Waals surface area contributed by atoms with Crippen molar-refractivity contribution in [2.24, 2.45) is 0 Å². The monoisotopic (exact) mass is 415 g/mol. The number of nitrogens with zero attached hydrogens (tertiary/aromatic N) is 4. The van der Waals surface area contributed by atoms with Crippen LogP contribution in [0.15, 0.2) is 53.3 Å². The van der Waals surface area contributed by atoms with Gasteiger partial charge in [-0.05, 0) is 58.4 Å². The summed E-state index contributed by atoms with van der Waals surface area (Å²) in [7, 11) is 0. The molecule has 31 heavy (non-hydrogen) atoms. The van der Waals surface area contributed by atoms with Crippen LogP contribution in [0, 0.1) is 27.7 Å². The van der Waals surface area contributed by atoms with Crippen molar-refractivity contribution in [1.29, 1.82) is 0 Å². The van der Waals surface area contributed by atoms with Crippen LogP contribution < -0.4 is 10.9 Å². The van der Waals surface area contributed by atoms with Crippen LogP contribution in [0.4, 0.5) is 5.69 Å². The summed E-state index contributed by atoms with van der Waals surface area (Å²) < 4.78 is 2.96. The first kappa shape index (κ1) is 20.5. The number of benzene rings is 2. The van der Waals surface area contributed by atoms with Gasteiger partial charge in [-0.3, -0.25) is 9.59 Å². The maximum absolute atomic E-state index is 13.2. The fraction of sp³-hybridized carbons (Fsp3) is 0.250. The third kappa shape index (κ3) is 3.63. The Kier molecular flexibility index (Phi) is 5.19. The average Bonchev–Trinajstić information content (AvgIpc) is 3.11. The number of anilines is 1. The molecule has 1 amide bonds. The molecule has 1 unspecified atom stereocenters. The van der Waals surface area contributed by atoms with Gasteiger partial charge in [0, 0.05) is 5.69 Å². The Bertz CT molecular complexity index is 1350. The molecule has 0 aliphatic heterocycles. The highest BCUT2D eigenvalue weighted by Crippen LogP contribution is 2.22. The summed E-state index contributed by atoms with van der Waals surface area (Å²) in [5, 5.41) is 12.6. The molecular formula is C24H25N5O2. The Balaban J connectivity index is 1.75. The number of para-hydroxylation sites is 1. The fourth-order valence-electron chi connectivity index (χ4n) is 3.84. The number of nitrogens with one attached hydrogen (secondary N) is 1. The Hall–Kier alpha value is -3.74. The van der Waals surface area contributed by atoms with Crippen LogP contribution in [-0.2, 0) is 4.79 Å². The van der Waals surface area contributed by atoms with Gasteiger partial charge in [-0.15, -0.1) is 0 Å². The van der Waals surface area contributed by atoms with Crippen molar-refractivity contribution in [3.63, 3.8) is 0 Å². The molecule has 0 radical (unpaired) electrons. The molecule has 0 saturated carbocycles. The molecule has 1 N–H and O–H groups in total. The molecule has 2 aromatic heterocycles. The largest absolute Gasteiger partial charge is 0.324 e. The molecule has 0 spiro atoms. The van der Waals surface area contributed by atoms with Crippen LogP contribution in [0.1, 0.15) is 35.5 Å². The van der Waals surface area contributed by atoms with Gasteiger partial charge in [0.2, 0.25) is 5.91 Å². The SMILES string of the molecule is Cc1ccc(NC(=O)C(C)n2nc(C)c3c(C)n(-c4ccccc4)nc3c2=O)c(C)c1. The van der Waals surface area contributed by atoms with E-state index in [1.54, 1.807) is 11.6 Å². The van der Waals surface area contributed by atoms with Gasteiger partial charge in [-0.25, -0.2) is 9.36 Å². The smallest absolute Gasteiger partial charge is 0.295 e. The lowest BCUT2D eigenvalue weighted by Crippen LogP contribution is -2.34. The Morgan fingerprint density at radius 3 is 2.39 bits per heavy atom. The summed E-state index contributed by atoms with van der Waals surface area (Å²) in [4.78, 5) is 26.1. The molecule has 0 bridgehead atoms. The molecule has 7 heteroatoms. The van der Waals surface area contributed by atoms with Gasteiger partial charge >= 0.3 is 0 Å². The van der Waals surface area contributed by atoms with Gasteiger partial charge in [0.15, 0.2) is 5.52 Å². The maximum atomic E-state index is 13.2. The molecule has 0 fully saturated rings. The van der Waals surface area contributed by atoms with E-state index in [0.29, 0.717) is 16.6 Å². The zero-order valence-corrected chi connectivity index (χ0v) is 18.3. The van der Waals surface area contributed by atoms with Gasteiger partial charge < -0.3 is 5.32 Å². The number of fused-ring (bicyclic) bond motifs is 1. The summed E-state index contributed by atoms with van der Waals surface area (Å²) in [5.41, 5.74) is 5.07. The van der Waals surface area contributed by atoms with Crippen molar-refractivity contribution in [1.82, 2.24) is 19.6 Å². The van der Waals surface area contributed by atoms with Gasteiger partial charge in [0.25, 0.3) is 5.56 Å². The summed E-state index contributed by atoms with van der Waals surface area (Å²) in [6.07, 6.45) is 0. The third-order valence-electron chi connectivity index (χ3n) is 5.53. The lowest BCUT2D eigenvalue weighted by atomic mass is 10.1. The Labute approximate surface area is 180 Å². The van der Waals surface area contributed by atoms with E-state index in [4.69, 9.17) is 0 Å². The van der Waals surface area contributed by atoms with Crippen molar-refractivity contribution in [3.05, 3.63) is 81.4 Å². The first-order valence-corrected chi connectivity index (χ1v) is 10.2. The van der Waals surface area contributed by atoms with E-state index in [1.807, 2.05) is 76.2 Å². The van der Waals surface area contributed by atoms with E-state index in [-0.39, 0.29) is 11.5 Å². The molecule has 2 heterocycles. The van der Waals surface area contributed by atoms with Gasteiger partial charge in [0.1, 0.15) is 6.04 Å². The minimum absolute atomic E-state index is 0.306. The number of amides is 1. The molecule has 4 aromatic rings. The molecule has 0 aliphatic rings. The predicted molar refractivity (Wildman–Crippen MR) is 122 cm³/mol. The van der Waals surface area contributed by atoms with Crippen molar-refractivity contribution in [3.8, 4) is 5.69 Å². The third-order valence-corrected chi connectivity index (χ3v) is 5.53. The first-order valence-electron chi connectivity index (χ1n) is 10.2. The number of aromatic nitrogens is 4. The van der Waals surface area contributed by atoms with Gasteiger partial charge in [-0.2, -0.15) is 10.2 Å². The van der Waals surface area contributed by atoms with Crippen molar-refractivity contribution < 1.29 is 4.79 Å². The van der Waals surface area contributed by atoms with E-state index in [2.05, 4.69) is 15.5 Å². The second-order valence-corrected chi connectivity index (χ2v) is 7.88. The number of rotatable bonds is 4. The highest BCUT2D eigenvalue weighted by Gasteiger charge is 2.23. The Morgan fingerprint density at radius 1 is 1.00 bits per heavy atom. The number of aryl methyl sites for hydroxylation is 4. The van der Waals surface area contributed by atoms with E-state index >= 15 is 0 Å². The van der Waals surface area contributed by atoms with E-state index in [0.717, 1.165) is 28.2 Å². The fourth-order valence-corrected chi connectivity index (χ4v) is 3.84. The molecule has 158 valence electrons. The Morgan fingerprint density at radius 2 is 1.71 bits per heavy atom. The van der Waals surface area contributed by atoms with Crippen LogP contribution in [0.3, 0.4) is 0 Å². The highest BCUT2D eigenvalue weighted by atomic mass is 16.2. The number of carbonyl (C=O) groups excluding carboxylic acids is 1. The van der Waals surface area contributed by atoms with Crippen LogP contribution in [0.2, 0.25) is 0 Å². The normalized spacial score (nSPS) is 12.2. The van der Waals surface area contributed by atoms with Crippen LogP contribution in [-0.4, -0.2) is 25.5 Å². The summed E-state index contributed by atoms with van der Waals surface area (Å²) in [6, 6.07) is 14.6. The zero-order chi connectivity index (χ0) is 22.3. The summed E-state index contributed by atoms with van der Waals surface area (Å²) >= 11 is 0. The van der Waals surface area contributed by atoms with Crippen LogP contribution >= 0.6 is 0 Å². The molecular weight excluding hydrogens is 390 g/mol. The lowest BCUT2D eigenvalue weighted by molar-refractivity contribution is -0.119. The standard InChI is InChI=1S/C24H25N5O2/c1-14-11-12-20(15(2)13-14)25-23(30)18(5)29-24(31)22-21(16(3)26-29)17(4)28(27-22)19-9-7-6-8-10-19/h6-13,18H,1-5H3,(H,25,30). The zero-order valence-electron chi connectivity index (χ0n) is 18.3. The maximum Gasteiger partial charge on any atom is 0.295 e. The average molecular weight is 415 g/mol. The predicted octanol–water partition coefficient (Wildman–Crippen LogP) is 4.02. The molecule has 2 aromatic carbocycles. The minimum Gasteiger partial charge on any atom is -0.324 e. The van der Waals surface area contributed by atoms with E-state index in [9.17, 15) is 9.59 Å². The summed E-state index contributed by atoms with van der Waals surface area (Å²) in [6.45, 7) is 9.35. The second kappa shape index (κ2) is 7.83. The second-order valence-electron chi connectivity index (χ2n) is 7.88. The first-order chi connectivity index (χ1) is 14.8. The number of hydrogen-bond donors (Lipinski definition) is 1. The van der Waals surface area contributed by atoms with Crippen LogP contribution in [0.5, 0.6) is 0 Å². The van der Waals surface area contributed by atoms with Gasteiger partial charge in [0.05, 0.1) is 22.5 Å². The lowest BCUT2D eigenvalue weighted by Gasteiger charge is -2.16. The van der Waals surface area contributed by atoms with Gasteiger partial charge in [-0.1, -0.05) is 35.9 Å². The molecule has 7 nitrogen and oxygen atoms in total. The minimum atomic E-state index is -0.793. The van der Waals surface area contributed by atoms with Crippen molar-refractivity contribution >= 4 is 22.5 Å². The summed E-state index contributed by atoms with van der Waals surface area (Å²) in [5.74, 6) is -0.306. The quantitative estimate of drug-likeness (QED) is 0.546. The van der Waals surface area contributed by atoms with E-state index in [1.165, 1.54) is 4.68 Å². The molecule has 4 rings (SSSR count). The highest BCUT2D eigenvalue weighted by molar-refractivity contribution is 5.94. The van der Waals surface area contributed by atoms with E-state index < -0.39 is 6.04 Å². The molecule has 0 aliphatic carbocycles. The number of hydrogen-bond acceptors (Lipinski definition) is 4. The molecule has 0 saturated heterocycles. The van der Waals surface area contributed by atoms with Crippen LogP contribution in [0.25, 0.3) is 16.6 Å². The topological polar surface area (TPSA) is 81.8 Å². The molecule has 1 atom stereocenters. The van der Waals surface area contributed by atoms with Crippen molar-refractivity contribution in [2.45, 2.75) is 40.7 Å².